The standard InChI is InChI=1S/C31H56N4O9S/c1-4-5-6-7-8-9-10-11-12-13-14-15-26(36)33-24(18-21(2)3)28(38)35-23(30(41)42)16-17-27(37)34-25(31(43)44)20-45-19-22(32)29(39)40/h21-25H,4-20,32H2,1-3H3,(H,33,36)(H,34,37)(H,35,38)(H,39,40)(H,41,42)(H,43,44)/t22-,23+,24-,25+/m0/s1. The largest absolute Gasteiger partial charge is 0.480 e. The fourth-order valence-corrected chi connectivity index (χ4v) is 5.54. The van der Waals surface area contributed by atoms with E-state index >= 15 is 0 Å². The van der Waals surface area contributed by atoms with Crippen LogP contribution in [-0.4, -0.2) is 86.6 Å². The highest BCUT2D eigenvalue weighted by atomic mass is 32.2. The van der Waals surface area contributed by atoms with Crippen molar-refractivity contribution >= 4 is 47.4 Å². The van der Waals surface area contributed by atoms with E-state index in [-0.39, 0.29) is 42.6 Å². The molecule has 0 fully saturated rings. The Morgan fingerprint density at radius 2 is 1.11 bits per heavy atom. The molecule has 45 heavy (non-hydrogen) atoms. The number of unbranched alkanes of at least 4 members (excludes halogenated alkanes) is 10. The van der Waals surface area contributed by atoms with E-state index in [0.717, 1.165) is 31.0 Å². The number of carbonyl (C=O) groups is 6. The third kappa shape index (κ3) is 22.3. The van der Waals surface area contributed by atoms with Crippen LogP contribution < -0.4 is 21.7 Å². The number of rotatable bonds is 28. The van der Waals surface area contributed by atoms with Crippen LogP contribution >= 0.6 is 11.8 Å². The lowest BCUT2D eigenvalue weighted by Crippen LogP contribution is -2.52. The van der Waals surface area contributed by atoms with Gasteiger partial charge in [0.25, 0.3) is 0 Å². The van der Waals surface area contributed by atoms with Gasteiger partial charge in [0.2, 0.25) is 17.7 Å². The molecule has 0 aromatic rings. The van der Waals surface area contributed by atoms with E-state index in [2.05, 4.69) is 22.9 Å². The first kappa shape index (κ1) is 42.1. The second-order valence-electron chi connectivity index (χ2n) is 11.9. The predicted molar refractivity (Wildman–Crippen MR) is 174 cm³/mol. The maximum Gasteiger partial charge on any atom is 0.327 e. The van der Waals surface area contributed by atoms with Crippen molar-refractivity contribution in [2.45, 2.75) is 141 Å². The van der Waals surface area contributed by atoms with Crippen molar-refractivity contribution in [2.24, 2.45) is 11.7 Å². The van der Waals surface area contributed by atoms with Crippen molar-refractivity contribution in [3.05, 3.63) is 0 Å². The molecule has 4 atom stereocenters. The molecular formula is C31H56N4O9S. The van der Waals surface area contributed by atoms with E-state index < -0.39 is 53.9 Å². The predicted octanol–water partition coefficient (Wildman–Crippen LogP) is 3.28. The van der Waals surface area contributed by atoms with Gasteiger partial charge in [-0.05, 0) is 25.2 Å². The SMILES string of the molecule is CCCCCCCCCCCCCC(=O)N[C@@H](CC(C)C)C(=O)N[C@H](CCC(=O)N[C@H](CSC[C@H](N)C(=O)O)C(=O)O)C(=O)O. The summed E-state index contributed by atoms with van der Waals surface area (Å²) in [5.41, 5.74) is 5.39. The highest BCUT2D eigenvalue weighted by Gasteiger charge is 2.28. The Kier molecular flexibility index (Phi) is 23.7. The number of carboxylic acid groups (broad SMARTS) is 3. The quantitative estimate of drug-likeness (QED) is 0.0603. The number of hydrogen-bond donors (Lipinski definition) is 7. The van der Waals surface area contributed by atoms with Gasteiger partial charge in [-0.25, -0.2) is 9.59 Å². The molecule has 0 aliphatic heterocycles. The second-order valence-corrected chi connectivity index (χ2v) is 13.0. The van der Waals surface area contributed by atoms with Gasteiger partial charge in [0.05, 0.1) is 0 Å². The van der Waals surface area contributed by atoms with Gasteiger partial charge in [-0.3, -0.25) is 19.2 Å². The van der Waals surface area contributed by atoms with Crippen molar-refractivity contribution in [1.29, 1.82) is 0 Å². The first-order valence-electron chi connectivity index (χ1n) is 16.2. The molecule has 0 saturated heterocycles. The number of nitrogens with one attached hydrogen (secondary N) is 3. The van der Waals surface area contributed by atoms with Gasteiger partial charge >= 0.3 is 17.9 Å². The van der Waals surface area contributed by atoms with E-state index in [1.165, 1.54) is 44.9 Å². The van der Waals surface area contributed by atoms with Crippen LogP contribution in [0.15, 0.2) is 0 Å². The highest BCUT2D eigenvalue weighted by Crippen LogP contribution is 2.13. The van der Waals surface area contributed by atoms with Crippen molar-refractivity contribution in [2.75, 3.05) is 11.5 Å². The Morgan fingerprint density at radius 3 is 1.60 bits per heavy atom. The summed E-state index contributed by atoms with van der Waals surface area (Å²) in [4.78, 5) is 72.1. The minimum absolute atomic E-state index is 0.0351. The number of carboxylic acids is 3. The first-order valence-corrected chi connectivity index (χ1v) is 17.3. The average molecular weight is 661 g/mol. The van der Waals surface area contributed by atoms with Crippen LogP contribution in [0.3, 0.4) is 0 Å². The molecule has 0 aliphatic carbocycles. The van der Waals surface area contributed by atoms with E-state index in [4.69, 9.17) is 10.8 Å². The average Bonchev–Trinajstić information content (AvgIpc) is 2.96. The molecule has 0 rings (SSSR count). The van der Waals surface area contributed by atoms with Crippen molar-refractivity contribution < 1.29 is 44.1 Å². The lowest BCUT2D eigenvalue weighted by atomic mass is 10.0. The number of nitrogens with two attached hydrogens (primary N) is 1. The van der Waals surface area contributed by atoms with Crippen molar-refractivity contribution in [1.82, 2.24) is 16.0 Å². The Balaban J connectivity index is 4.73. The van der Waals surface area contributed by atoms with E-state index in [1.807, 2.05) is 13.8 Å². The molecule has 0 aromatic heterocycles. The summed E-state index contributed by atoms with van der Waals surface area (Å²) in [7, 11) is 0. The van der Waals surface area contributed by atoms with Gasteiger partial charge in [0, 0.05) is 24.3 Å². The topological polar surface area (TPSA) is 225 Å². The Labute approximate surface area is 271 Å². The maximum absolute atomic E-state index is 13.0. The highest BCUT2D eigenvalue weighted by molar-refractivity contribution is 7.99. The van der Waals surface area contributed by atoms with Crippen LogP contribution in [-0.2, 0) is 28.8 Å². The van der Waals surface area contributed by atoms with Crippen LogP contribution in [0.1, 0.15) is 117 Å². The number of thioether (sulfide) groups is 1. The number of aliphatic carboxylic acids is 3. The number of carbonyl (C=O) groups excluding carboxylic acids is 3. The van der Waals surface area contributed by atoms with Crippen LogP contribution in [0.25, 0.3) is 0 Å². The Morgan fingerprint density at radius 1 is 0.622 bits per heavy atom. The fourth-order valence-electron chi connectivity index (χ4n) is 4.55. The molecule has 260 valence electrons. The molecule has 0 bridgehead atoms. The normalized spacial score (nSPS) is 13.8. The smallest absolute Gasteiger partial charge is 0.327 e. The van der Waals surface area contributed by atoms with E-state index in [9.17, 15) is 39.0 Å². The number of hydrogen-bond acceptors (Lipinski definition) is 8. The summed E-state index contributed by atoms with van der Waals surface area (Å²) >= 11 is 0.944. The van der Waals surface area contributed by atoms with Gasteiger partial charge in [-0.1, -0.05) is 85.0 Å². The second kappa shape index (κ2) is 25.3. The zero-order valence-electron chi connectivity index (χ0n) is 27.2. The molecule has 0 unspecified atom stereocenters. The third-order valence-corrected chi connectivity index (χ3v) is 8.34. The van der Waals surface area contributed by atoms with Gasteiger partial charge < -0.3 is 37.0 Å². The lowest BCUT2D eigenvalue weighted by Gasteiger charge is -2.23. The zero-order chi connectivity index (χ0) is 34.2. The minimum atomic E-state index is -1.44. The Bertz CT molecular complexity index is 919. The summed E-state index contributed by atoms with van der Waals surface area (Å²) in [5, 5.41) is 35.2. The molecule has 13 nitrogen and oxygen atoms in total. The monoisotopic (exact) mass is 660 g/mol. The van der Waals surface area contributed by atoms with Gasteiger partial charge in [-0.15, -0.1) is 0 Å². The van der Waals surface area contributed by atoms with Crippen LogP contribution in [0.4, 0.5) is 0 Å². The minimum Gasteiger partial charge on any atom is -0.480 e. The van der Waals surface area contributed by atoms with E-state index in [0.29, 0.717) is 12.8 Å². The van der Waals surface area contributed by atoms with Crippen LogP contribution in [0.2, 0.25) is 0 Å². The fraction of sp³-hybridized carbons (Fsp3) is 0.806. The summed E-state index contributed by atoms with van der Waals surface area (Å²) < 4.78 is 0. The van der Waals surface area contributed by atoms with Gasteiger partial charge in [0.1, 0.15) is 24.2 Å². The summed E-state index contributed by atoms with van der Waals surface area (Å²) in [5.74, 6) is -5.81. The maximum atomic E-state index is 13.0. The van der Waals surface area contributed by atoms with Gasteiger partial charge in [-0.2, -0.15) is 11.8 Å². The van der Waals surface area contributed by atoms with Gasteiger partial charge in [0.15, 0.2) is 0 Å². The molecule has 0 saturated carbocycles. The molecule has 0 heterocycles. The number of amides is 3. The van der Waals surface area contributed by atoms with Crippen LogP contribution in [0.5, 0.6) is 0 Å². The molecule has 0 aromatic carbocycles. The van der Waals surface area contributed by atoms with Crippen molar-refractivity contribution in [3.8, 4) is 0 Å². The summed E-state index contributed by atoms with van der Waals surface area (Å²) in [6.45, 7) is 5.96. The summed E-state index contributed by atoms with van der Waals surface area (Å²) in [6, 6.07) is -4.90. The third-order valence-electron chi connectivity index (χ3n) is 7.17. The van der Waals surface area contributed by atoms with Crippen molar-refractivity contribution in [3.63, 3.8) is 0 Å². The molecule has 3 amide bonds. The Hall–Kier alpha value is -2.87. The molecule has 0 radical (unpaired) electrons. The zero-order valence-corrected chi connectivity index (χ0v) is 28.0. The first-order chi connectivity index (χ1) is 21.3. The molecule has 8 N–H and O–H groups in total. The molecule has 14 heteroatoms. The lowest BCUT2D eigenvalue weighted by molar-refractivity contribution is -0.143. The van der Waals surface area contributed by atoms with E-state index in [1.54, 1.807) is 0 Å². The molecule has 0 aliphatic rings. The molecule has 0 spiro atoms. The summed E-state index contributed by atoms with van der Waals surface area (Å²) in [6.07, 6.45) is 12.5. The van der Waals surface area contributed by atoms with Crippen LogP contribution in [0, 0.1) is 5.92 Å². The molecular weight excluding hydrogens is 604 g/mol.